The zero-order valence-corrected chi connectivity index (χ0v) is 14.0. The fourth-order valence-corrected chi connectivity index (χ4v) is 2.70. The van der Waals surface area contributed by atoms with Gasteiger partial charge in [0.05, 0.1) is 5.69 Å². The van der Waals surface area contributed by atoms with E-state index in [1.54, 1.807) is 18.5 Å². The SMILES string of the molecule is Cc1ncccc1Cc1cc(F)cc(-n2nnc(-c3ccccn3)n2)c1. The first kappa shape index (κ1) is 16.0. The number of tetrazole rings is 1. The molecule has 0 atom stereocenters. The molecule has 0 aliphatic heterocycles. The zero-order chi connectivity index (χ0) is 17.9. The highest BCUT2D eigenvalue weighted by Crippen LogP contribution is 2.18. The van der Waals surface area contributed by atoms with Crippen LogP contribution in [0.2, 0.25) is 0 Å². The number of halogens is 1. The maximum absolute atomic E-state index is 14.1. The summed E-state index contributed by atoms with van der Waals surface area (Å²) >= 11 is 0. The molecule has 128 valence electrons. The Hall–Kier alpha value is -3.48. The Morgan fingerprint density at radius 1 is 1.00 bits per heavy atom. The van der Waals surface area contributed by atoms with E-state index in [-0.39, 0.29) is 5.82 Å². The summed E-state index contributed by atoms with van der Waals surface area (Å²) in [5.74, 6) is 0.0373. The standard InChI is InChI=1S/C19H15FN6/c1-13-15(5-4-8-21-13)9-14-10-16(20)12-17(11-14)26-24-19(23-25-26)18-6-2-3-7-22-18/h2-8,10-12H,9H2,1H3. The fourth-order valence-electron chi connectivity index (χ4n) is 2.70. The van der Waals surface area contributed by atoms with Crippen LogP contribution in [-0.4, -0.2) is 30.2 Å². The van der Waals surface area contributed by atoms with Gasteiger partial charge in [0.2, 0.25) is 5.82 Å². The maximum Gasteiger partial charge on any atom is 0.223 e. The largest absolute Gasteiger partial charge is 0.261 e. The number of benzene rings is 1. The van der Waals surface area contributed by atoms with Crippen LogP contribution >= 0.6 is 0 Å². The Morgan fingerprint density at radius 3 is 2.69 bits per heavy atom. The summed E-state index contributed by atoms with van der Waals surface area (Å²) in [4.78, 5) is 9.78. The Kier molecular flexibility index (Phi) is 4.18. The quantitative estimate of drug-likeness (QED) is 0.568. The number of hydrogen-bond acceptors (Lipinski definition) is 5. The summed E-state index contributed by atoms with van der Waals surface area (Å²) in [7, 11) is 0. The molecule has 4 rings (SSSR count). The lowest BCUT2D eigenvalue weighted by molar-refractivity contribution is 0.619. The van der Waals surface area contributed by atoms with Crippen molar-refractivity contribution in [3.63, 3.8) is 0 Å². The van der Waals surface area contributed by atoms with E-state index >= 15 is 0 Å². The highest BCUT2D eigenvalue weighted by atomic mass is 19.1. The van der Waals surface area contributed by atoms with Crippen LogP contribution in [0.4, 0.5) is 4.39 Å². The van der Waals surface area contributed by atoms with Crippen molar-refractivity contribution in [3.8, 4) is 17.2 Å². The fraction of sp³-hybridized carbons (Fsp3) is 0.105. The monoisotopic (exact) mass is 346 g/mol. The molecule has 6 nitrogen and oxygen atoms in total. The predicted octanol–water partition coefficient (Wildman–Crippen LogP) is 3.16. The van der Waals surface area contributed by atoms with Crippen molar-refractivity contribution in [3.05, 3.63) is 83.6 Å². The number of hydrogen-bond donors (Lipinski definition) is 0. The molecule has 7 heteroatoms. The van der Waals surface area contributed by atoms with Crippen molar-refractivity contribution in [2.75, 3.05) is 0 Å². The van der Waals surface area contributed by atoms with Crippen LogP contribution < -0.4 is 0 Å². The molecule has 26 heavy (non-hydrogen) atoms. The normalized spacial score (nSPS) is 10.8. The molecule has 0 saturated carbocycles. The lowest BCUT2D eigenvalue weighted by Crippen LogP contribution is -2.02. The highest BCUT2D eigenvalue weighted by Gasteiger charge is 2.11. The lowest BCUT2D eigenvalue weighted by atomic mass is 10.0. The summed E-state index contributed by atoms with van der Waals surface area (Å²) in [6.07, 6.45) is 3.98. The molecule has 0 aliphatic rings. The Labute approximate surface area is 149 Å². The van der Waals surface area contributed by atoms with Crippen molar-refractivity contribution in [1.82, 2.24) is 30.2 Å². The summed E-state index contributed by atoms with van der Waals surface area (Å²) in [6.45, 7) is 1.94. The van der Waals surface area contributed by atoms with E-state index in [1.165, 1.54) is 16.9 Å². The molecule has 0 N–H and O–H groups in total. The molecule has 0 spiro atoms. The molecule has 3 heterocycles. The van der Waals surface area contributed by atoms with Crippen LogP contribution in [-0.2, 0) is 6.42 Å². The third-order valence-corrected chi connectivity index (χ3v) is 3.99. The van der Waals surface area contributed by atoms with Crippen LogP contribution in [0, 0.1) is 12.7 Å². The molecule has 0 amide bonds. The highest BCUT2D eigenvalue weighted by molar-refractivity contribution is 5.47. The number of rotatable bonds is 4. The minimum atomic E-state index is -0.351. The lowest BCUT2D eigenvalue weighted by Gasteiger charge is -2.07. The van der Waals surface area contributed by atoms with Crippen molar-refractivity contribution >= 4 is 0 Å². The first-order valence-electron chi connectivity index (χ1n) is 8.11. The minimum Gasteiger partial charge on any atom is -0.261 e. The van der Waals surface area contributed by atoms with E-state index in [1.807, 2.05) is 37.3 Å². The molecule has 0 fully saturated rings. The topological polar surface area (TPSA) is 69.4 Å². The second-order valence-electron chi connectivity index (χ2n) is 5.86. The Balaban J connectivity index is 1.67. The first-order chi connectivity index (χ1) is 12.7. The summed E-state index contributed by atoms with van der Waals surface area (Å²) < 4.78 is 14.1. The molecular formula is C19H15FN6. The van der Waals surface area contributed by atoms with Crippen molar-refractivity contribution in [1.29, 1.82) is 0 Å². The molecule has 0 unspecified atom stereocenters. The van der Waals surface area contributed by atoms with Gasteiger partial charge in [-0.1, -0.05) is 12.1 Å². The van der Waals surface area contributed by atoms with Crippen LogP contribution in [0.25, 0.3) is 17.2 Å². The second-order valence-corrected chi connectivity index (χ2v) is 5.86. The predicted molar refractivity (Wildman–Crippen MR) is 94.1 cm³/mol. The van der Waals surface area contributed by atoms with Crippen LogP contribution in [0.1, 0.15) is 16.8 Å². The van der Waals surface area contributed by atoms with Gasteiger partial charge in [0.1, 0.15) is 11.5 Å². The van der Waals surface area contributed by atoms with Crippen molar-refractivity contribution < 1.29 is 4.39 Å². The number of nitrogens with zero attached hydrogens (tertiary/aromatic N) is 6. The molecule has 3 aromatic heterocycles. The minimum absolute atomic E-state index is 0.351. The molecule has 0 bridgehead atoms. The molecular weight excluding hydrogens is 331 g/mol. The third kappa shape index (κ3) is 3.32. The Morgan fingerprint density at radius 2 is 1.88 bits per heavy atom. The van der Waals surface area contributed by atoms with Gasteiger partial charge in [-0.15, -0.1) is 15.0 Å². The van der Waals surface area contributed by atoms with E-state index in [9.17, 15) is 4.39 Å². The van der Waals surface area contributed by atoms with E-state index in [0.717, 1.165) is 16.8 Å². The van der Waals surface area contributed by atoms with Gasteiger partial charge in [-0.2, -0.15) is 0 Å². The second kappa shape index (κ2) is 6.79. The number of aromatic nitrogens is 6. The summed E-state index contributed by atoms with van der Waals surface area (Å²) in [6, 6.07) is 14.0. The van der Waals surface area contributed by atoms with Gasteiger partial charge in [-0.25, -0.2) is 4.39 Å². The van der Waals surface area contributed by atoms with Gasteiger partial charge in [0.15, 0.2) is 0 Å². The number of aryl methyl sites for hydroxylation is 1. The average molecular weight is 346 g/mol. The summed E-state index contributed by atoms with van der Waals surface area (Å²) in [5, 5.41) is 12.3. The van der Waals surface area contributed by atoms with E-state index in [0.29, 0.717) is 23.6 Å². The van der Waals surface area contributed by atoms with Crippen molar-refractivity contribution in [2.24, 2.45) is 0 Å². The van der Waals surface area contributed by atoms with Crippen LogP contribution in [0.3, 0.4) is 0 Å². The number of pyridine rings is 2. The van der Waals surface area contributed by atoms with E-state index < -0.39 is 0 Å². The van der Waals surface area contributed by atoms with Gasteiger partial charge in [0.25, 0.3) is 0 Å². The first-order valence-corrected chi connectivity index (χ1v) is 8.11. The molecule has 4 aromatic rings. The molecule has 1 aromatic carbocycles. The smallest absolute Gasteiger partial charge is 0.223 e. The van der Waals surface area contributed by atoms with Gasteiger partial charge in [0, 0.05) is 24.2 Å². The zero-order valence-electron chi connectivity index (χ0n) is 14.0. The average Bonchev–Trinajstić information content (AvgIpc) is 3.14. The van der Waals surface area contributed by atoms with Gasteiger partial charge in [-0.3, -0.25) is 9.97 Å². The van der Waals surface area contributed by atoms with Gasteiger partial charge in [-0.05, 0) is 60.0 Å². The molecule has 0 radical (unpaired) electrons. The Bertz CT molecular complexity index is 1040. The molecule has 0 aliphatic carbocycles. The third-order valence-electron chi connectivity index (χ3n) is 3.99. The van der Waals surface area contributed by atoms with Crippen LogP contribution in [0.15, 0.2) is 60.9 Å². The van der Waals surface area contributed by atoms with Gasteiger partial charge >= 0.3 is 0 Å². The molecule has 0 saturated heterocycles. The van der Waals surface area contributed by atoms with Crippen LogP contribution in [0.5, 0.6) is 0 Å². The van der Waals surface area contributed by atoms with E-state index in [2.05, 4.69) is 25.4 Å². The van der Waals surface area contributed by atoms with Crippen molar-refractivity contribution in [2.45, 2.75) is 13.3 Å². The summed E-state index contributed by atoms with van der Waals surface area (Å²) in [5.41, 5.74) is 3.91. The maximum atomic E-state index is 14.1. The van der Waals surface area contributed by atoms with E-state index in [4.69, 9.17) is 0 Å². The van der Waals surface area contributed by atoms with Gasteiger partial charge < -0.3 is 0 Å².